The van der Waals surface area contributed by atoms with Crippen LogP contribution >= 0.6 is 7.60 Å². The monoisotopic (exact) mass is 343 g/mol. The van der Waals surface area contributed by atoms with E-state index in [-0.39, 0.29) is 26.9 Å². The molecule has 6 unspecified atom stereocenters. The Morgan fingerprint density at radius 2 is 2.00 bits per heavy atom. The first-order valence-corrected chi connectivity index (χ1v) is 8.65. The van der Waals surface area contributed by atoms with Gasteiger partial charge in [0.05, 0.1) is 31.6 Å². The third kappa shape index (κ3) is 5.25. The zero-order valence-corrected chi connectivity index (χ0v) is 13.8. The van der Waals surface area contributed by atoms with Gasteiger partial charge in [-0.3, -0.25) is 9.88 Å². The highest BCUT2D eigenvalue weighted by atomic mass is 31.2. The van der Waals surface area contributed by atoms with E-state index >= 15 is 0 Å². The van der Waals surface area contributed by atoms with E-state index in [1.165, 1.54) is 14.2 Å². The maximum atomic E-state index is 12.2. The molecule has 0 aromatic rings. The molecular formula is C13H30NO7P. The van der Waals surface area contributed by atoms with Crippen LogP contribution in [0.25, 0.3) is 0 Å². The number of hydrogen-bond acceptors (Lipinski definition) is 8. The summed E-state index contributed by atoms with van der Waals surface area (Å²) in [6.07, 6.45) is -2.62. The highest BCUT2D eigenvalue weighted by Gasteiger charge is 2.44. The van der Waals surface area contributed by atoms with Gasteiger partial charge in [0.25, 0.3) is 0 Å². The molecule has 0 aromatic heterocycles. The van der Waals surface area contributed by atoms with Crippen LogP contribution in [0.5, 0.6) is 0 Å². The van der Waals surface area contributed by atoms with Crippen molar-refractivity contribution in [3.63, 3.8) is 0 Å². The molecule has 1 fully saturated rings. The molecule has 1 aliphatic rings. The zero-order chi connectivity index (χ0) is 16.0. The van der Waals surface area contributed by atoms with Crippen LogP contribution in [0.1, 0.15) is 21.3 Å². The molecule has 8 nitrogen and oxygen atoms in total. The molecule has 1 rings (SSSR count). The van der Waals surface area contributed by atoms with Gasteiger partial charge in [0.1, 0.15) is 18.3 Å². The third-order valence-corrected chi connectivity index (χ3v) is 5.32. The Labute approximate surface area is 132 Å². The Bertz CT molecular complexity index is 357. The number of hydrogen-bond donors (Lipinski definition) is 3. The molecule has 1 heterocycles. The van der Waals surface area contributed by atoms with Crippen molar-refractivity contribution in [3.05, 3.63) is 0 Å². The number of nitrogens with one attached hydrogen (secondary N) is 1. The Morgan fingerprint density at radius 3 is 2.45 bits per heavy atom. The molecule has 1 aliphatic heterocycles. The number of aliphatic hydroxyl groups excluding tert-OH is 2. The number of ether oxygens (including phenoxy) is 2. The smallest absolute Gasteiger partial charge is 0.344 e. The van der Waals surface area contributed by atoms with E-state index in [4.69, 9.17) is 18.5 Å². The number of rotatable bonds is 8. The molecule has 0 saturated carbocycles. The zero-order valence-electron chi connectivity index (χ0n) is 12.9. The van der Waals surface area contributed by atoms with Gasteiger partial charge in [0, 0.05) is 14.2 Å². The quantitative estimate of drug-likeness (QED) is 0.549. The average molecular weight is 343 g/mol. The summed E-state index contributed by atoms with van der Waals surface area (Å²) in [5.74, 6) is 0. The predicted molar refractivity (Wildman–Crippen MR) is 83.0 cm³/mol. The van der Waals surface area contributed by atoms with Gasteiger partial charge in [-0.05, 0) is 13.8 Å². The van der Waals surface area contributed by atoms with Crippen LogP contribution in [0.2, 0.25) is 0 Å². The van der Waals surface area contributed by atoms with Gasteiger partial charge >= 0.3 is 7.60 Å². The summed E-state index contributed by atoms with van der Waals surface area (Å²) in [5, 5.41) is 22.6. The van der Waals surface area contributed by atoms with Crippen LogP contribution in [-0.2, 0) is 23.1 Å². The first-order valence-electron chi connectivity index (χ1n) is 6.92. The Morgan fingerprint density at radius 1 is 1.36 bits per heavy atom. The fourth-order valence-electron chi connectivity index (χ4n) is 2.44. The molecule has 3 N–H and O–H groups in total. The summed E-state index contributed by atoms with van der Waals surface area (Å²) in [6, 6.07) is -0.512. The van der Waals surface area contributed by atoms with E-state index in [1.54, 1.807) is 13.8 Å². The van der Waals surface area contributed by atoms with Gasteiger partial charge in [-0.2, -0.15) is 0 Å². The van der Waals surface area contributed by atoms with Crippen LogP contribution in [0.4, 0.5) is 0 Å². The van der Waals surface area contributed by atoms with Crippen LogP contribution < -0.4 is 5.32 Å². The van der Waals surface area contributed by atoms with Crippen molar-refractivity contribution in [2.75, 3.05) is 33.7 Å². The molecule has 0 aromatic carbocycles. The molecule has 9 heteroatoms. The van der Waals surface area contributed by atoms with Gasteiger partial charge in [-0.25, -0.2) is 0 Å². The lowest BCUT2D eigenvalue weighted by Gasteiger charge is -2.43. The average Bonchev–Trinajstić information content (AvgIpc) is 2.46. The van der Waals surface area contributed by atoms with Crippen molar-refractivity contribution in [2.45, 2.75) is 51.7 Å². The van der Waals surface area contributed by atoms with Gasteiger partial charge in [-0.1, -0.05) is 7.43 Å². The summed E-state index contributed by atoms with van der Waals surface area (Å²) in [7, 11) is -0.486. The Kier molecular flexibility index (Phi) is 9.93. The van der Waals surface area contributed by atoms with Crippen LogP contribution in [0.3, 0.4) is 0 Å². The van der Waals surface area contributed by atoms with E-state index in [1.807, 2.05) is 0 Å². The Hall–Kier alpha value is -0.0500. The Balaban J connectivity index is 0.00000441. The van der Waals surface area contributed by atoms with E-state index < -0.39 is 38.1 Å². The van der Waals surface area contributed by atoms with Crippen molar-refractivity contribution in [1.29, 1.82) is 0 Å². The summed E-state index contributed by atoms with van der Waals surface area (Å²) in [4.78, 5) is 0. The standard InChI is InChI=1S/C12H26NO7P.CH4/c1-5-19-21(16,18-4)7-13-10-8(2)20-9(6-14)12(17-3)11(10)15;/h8-15H,5-7H2,1-4H3;1H4. The van der Waals surface area contributed by atoms with Gasteiger partial charge < -0.3 is 28.7 Å². The summed E-state index contributed by atoms with van der Waals surface area (Å²) >= 11 is 0. The van der Waals surface area contributed by atoms with Crippen molar-refractivity contribution in [1.82, 2.24) is 5.32 Å². The first kappa shape index (κ1) is 21.9. The van der Waals surface area contributed by atoms with Gasteiger partial charge in [0.2, 0.25) is 0 Å². The van der Waals surface area contributed by atoms with Crippen LogP contribution in [-0.4, -0.2) is 74.4 Å². The summed E-state index contributed by atoms with van der Waals surface area (Å²) in [5.41, 5.74) is 0. The molecule has 0 bridgehead atoms. The maximum absolute atomic E-state index is 12.2. The van der Waals surface area contributed by atoms with Gasteiger partial charge in [0.15, 0.2) is 0 Å². The molecule has 6 atom stereocenters. The normalized spacial score (nSPS) is 34.7. The highest BCUT2D eigenvalue weighted by Crippen LogP contribution is 2.46. The second kappa shape index (κ2) is 9.95. The third-order valence-electron chi connectivity index (χ3n) is 3.54. The van der Waals surface area contributed by atoms with E-state index in [0.29, 0.717) is 0 Å². The van der Waals surface area contributed by atoms with E-state index in [0.717, 1.165) is 0 Å². The largest absolute Gasteiger partial charge is 0.394 e. The van der Waals surface area contributed by atoms with E-state index in [9.17, 15) is 14.8 Å². The van der Waals surface area contributed by atoms with Crippen molar-refractivity contribution < 1.29 is 33.3 Å². The lowest BCUT2D eigenvalue weighted by atomic mass is 9.93. The molecular weight excluding hydrogens is 313 g/mol. The molecule has 134 valence electrons. The minimum atomic E-state index is -3.24. The maximum Gasteiger partial charge on any atom is 0.344 e. The topological polar surface area (TPSA) is 106 Å². The van der Waals surface area contributed by atoms with Crippen LogP contribution in [0, 0.1) is 0 Å². The lowest BCUT2D eigenvalue weighted by molar-refractivity contribution is -0.198. The molecule has 0 radical (unpaired) electrons. The van der Waals surface area contributed by atoms with E-state index in [2.05, 4.69) is 5.32 Å². The van der Waals surface area contributed by atoms with Crippen molar-refractivity contribution >= 4 is 7.60 Å². The SMILES string of the molecule is C.CCOP(=O)(CNC1C(C)OC(CO)C(OC)C1O)OC. The molecule has 22 heavy (non-hydrogen) atoms. The lowest BCUT2D eigenvalue weighted by Crippen LogP contribution is -2.63. The molecule has 1 saturated heterocycles. The van der Waals surface area contributed by atoms with Crippen molar-refractivity contribution in [3.8, 4) is 0 Å². The fourth-order valence-corrected chi connectivity index (χ4v) is 3.59. The second-order valence-corrected chi connectivity index (χ2v) is 7.01. The van der Waals surface area contributed by atoms with Crippen molar-refractivity contribution in [2.24, 2.45) is 0 Å². The molecule has 0 aliphatic carbocycles. The first-order chi connectivity index (χ1) is 9.92. The number of methoxy groups -OCH3 is 1. The van der Waals surface area contributed by atoms with Gasteiger partial charge in [-0.15, -0.1) is 0 Å². The number of aliphatic hydroxyl groups is 2. The highest BCUT2D eigenvalue weighted by molar-refractivity contribution is 7.53. The van der Waals surface area contributed by atoms with Crippen LogP contribution in [0.15, 0.2) is 0 Å². The minimum Gasteiger partial charge on any atom is -0.394 e. The summed E-state index contributed by atoms with van der Waals surface area (Å²) < 4.78 is 33.0. The molecule has 0 spiro atoms. The molecule has 0 amide bonds. The summed E-state index contributed by atoms with van der Waals surface area (Å²) in [6.45, 7) is 3.50. The predicted octanol–water partition coefficient (Wildman–Crippen LogP) is 0.570. The fraction of sp³-hybridized carbons (Fsp3) is 1.00. The second-order valence-electron chi connectivity index (χ2n) is 4.85. The minimum absolute atomic E-state index is 0.